The summed E-state index contributed by atoms with van der Waals surface area (Å²) < 4.78 is 11.1. The first kappa shape index (κ1) is 24.4. The van der Waals surface area contributed by atoms with E-state index in [1.54, 1.807) is 24.2 Å². The Morgan fingerprint density at radius 1 is 0.879 bits per heavy atom. The van der Waals surface area contributed by atoms with E-state index in [4.69, 9.17) is 9.47 Å². The van der Waals surface area contributed by atoms with Gasteiger partial charge in [0.2, 0.25) is 5.91 Å². The fraction of sp³-hybridized carbons (Fsp3) is 0.407. The van der Waals surface area contributed by atoms with E-state index in [0.717, 1.165) is 5.56 Å². The number of methoxy groups -OCH3 is 1. The van der Waals surface area contributed by atoms with Crippen LogP contribution < -0.4 is 9.47 Å². The summed E-state index contributed by atoms with van der Waals surface area (Å²) >= 11 is 0. The zero-order chi connectivity index (χ0) is 24.0. The van der Waals surface area contributed by atoms with E-state index in [0.29, 0.717) is 49.2 Å². The summed E-state index contributed by atoms with van der Waals surface area (Å²) in [6.45, 7) is 10.3. The molecular weight excluding hydrogens is 416 g/mol. The van der Waals surface area contributed by atoms with Crippen molar-refractivity contribution in [2.75, 3.05) is 33.3 Å². The number of piperazine rings is 1. The van der Waals surface area contributed by atoms with Crippen molar-refractivity contribution in [3.05, 3.63) is 65.2 Å². The largest absolute Gasteiger partial charge is 0.493 e. The highest BCUT2D eigenvalue weighted by atomic mass is 16.5. The third-order valence-corrected chi connectivity index (χ3v) is 5.67. The molecule has 6 heteroatoms. The summed E-state index contributed by atoms with van der Waals surface area (Å²) in [7, 11) is 1.60. The van der Waals surface area contributed by atoms with Gasteiger partial charge in [-0.25, -0.2) is 0 Å². The highest BCUT2D eigenvalue weighted by Crippen LogP contribution is 2.29. The molecule has 0 N–H and O–H groups in total. The molecule has 6 nitrogen and oxygen atoms in total. The molecule has 0 aliphatic carbocycles. The van der Waals surface area contributed by atoms with Crippen LogP contribution in [-0.4, -0.2) is 61.0 Å². The third kappa shape index (κ3) is 6.37. The van der Waals surface area contributed by atoms with Crippen molar-refractivity contribution in [2.24, 2.45) is 0 Å². The Morgan fingerprint density at radius 2 is 1.52 bits per heavy atom. The highest BCUT2D eigenvalue weighted by molar-refractivity contribution is 5.95. The van der Waals surface area contributed by atoms with Crippen molar-refractivity contribution in [2.45, 2.75) is 39.7 Å². The zero-order valence-corrected chi connectivity index (χ0v) is 20.2. The first-order chi connectivity index (χ1) is 15.8. The number of hydrogen-bond acceptors (Lipinski definition) is 4. The van der Waals surface area contributed by atoms with E-state index >= 15 is 0 Å². The molecule has 1 aliphatic rings. The standard InChI is InChI=1S/C27H34N2O4/c1-19(2)22-8-10-23(11-9-22)27(31)29-16-14-28(15-17-29)26(30)13-7-21-6-12-24(33-20(3)4)25(18-21)32-5/h6-13,18-20H,14-17H2,1-5H3/b13-7+. The molecule has 0 spiro atoms. The van der Waals surface area contributed by atoms with Crippen LogP contribution >= 0.6 is 0 Å². The van der Waals surface area contributed by atoms with Gasteiger partial charge in [-0.15, -0.1) is 0 Å². The molecule has 0 bridgehead atoms. The normalized spacial score (nSPS) is 14.3. The van der Waals surface area contributed by atoms with Crippen LogP contribution in [0.3, 0.4) is 0 Å². The van der Waals surface area contributed by atoms with Crippen molar-refractivity contribution < 1.29 is 19.1 Å². The molecule has 3 rings (SSSR count). The second kappa shape index (κ2) is 11.0. The van der Waals surface area contributed by atoms with Crippen molar-refractivity contribution >= 4 is 17.9 Å². The van der Waals surface area contributed by atoms with Gasteiger partial charge in [-0.3, -0.25) is 9.59 Å². The summed E-state index contributed by atoms with van der Waals surface area (Å²) in [6, 6.07) is 13.4. The monoisotopic (exact) mass is 450 g/mol. The lowest BCUT2D eigenvalue weighted by Gasteiger charge is -2.34. The number of amides is 2. The molecule has 1 heterocycles. The smallest absolute Gasteiger partial charge is 0.253 e. The molecule has 176 valence electrons. The van der Waals surface area contributed by atoms with Gasteiger partial charge in [0.1, 0.15) is 0 Å². The van der Waals surface area contributed by atoms with Crippen LogP contribution in [0, 0.1) is 0 Å². The van der Waals surface area contributed by atoms with E-state index in [1.165, 1.54) is 5.56 Å². The van der Waals surface area contributed by atoms with Crippen molar-refractivity contribution in [3.8, 4) is 11.5 Å². The number of carbonyl (C=O) groups is 2. The molecule has 1 saturated heterocycles. The van der Waals surface area contributed by atoms with Gasteiger partial charge in [-0.05, 0) is 61.2 Å². The van der Waals surface area contributed by atoms with Crippen LogP contribution in [0.5, 0.6) is 11.5 Å². The number of hydrogen-bond donors (Lipinski definition) is 0. The number of nitrogens with zero attached hydrogens (tertiary/aromatic N) is 2. The number of rotatable bonds is 7. The molecule has 2 aromatic carbocycles. The number of ether oxygens (including phenoxy) is 2. The second-order valence-electron chi connectivity index (χ2n) is 8.80. The lowest BCUT2D eigenvalue weighted by Crippen LogP contribution is -2.50. The average Bonchev–Trinajstić information content (AvgIpc) is 2.82. The maximum Gasteiger partial charge on any atom is 0.253 e. The Balaban J connectivity index is 1.56. The number of carbonyl (C=O) groups excluding carboxylic acids is 2. The average molecular weight is 451 g/mol. The fourth-order valence-corrected chi connectivity index (χ4v) is 3.74. The summed E-state index contributed by atoms with van der Waals surface area (Å²) in [6.07, 6.45) is 3.39. The van der Waals surface area contributed by atoms with Gasteiger partial charge in [-0.2, -0.15) is 0 Å². The van der Waals surface area contributed by atoms with Crippen LogP contribution in [-0.2, 0) is 4.79 Å². The fourth-order valence-electron chi connectivity index (χ4n) is 3.74. The predicted octanol–water partition coefficient (Wildman–Crippen LogP) is 4.60. The van der Waals surface area contributed by atoms with Crippen LogP contribution in [0.25, 0.3) is 6.08 Å². The van der Waals surface area contributed by atoms with Crippen LogP contribution in [0.4, 0.5) is 0 Å². The lowest BCUT2D eigenvalue weighted by atomic mass is 10.0. The van der Waals surface area contributed by atoms with Gasteiger partial charge < -0.3 is 19.3 Å². The van der Waals surface area contributed by atoms with Gasteiger partial charge in [0, 0.05) is 37.8 Å². The van der Waals surface area contributed by atoms with Crippen molar-refractivity contribution in [1.82, 2.24) is 9.80 Å². The lowest BCUT2D eigenvalue weighted by molar-refractivity contribution is -0.127. The summed E-state index contributed by atoms with van der Waals surface area (Å²) in [5.74, 6) is 1.69. The number of benzene rings is 2. The molecule has 1 fully saturated rings. The molecular formula is C27H34N2O4. The summed E-state index contributed by atoms with van der Waals surface area (Å²) in [5, 5.41) is 0. The molecule has 2 aromatic rings. The Labute approximate surface area is 196 Å². The molecule has 0 atom stereocenters. The maximum absolute atomic E-state index is 12.8. The molecule has 0 unspecified atom stereocenters. The van der Waals surface area contributed by atoms with Gasteiger partial charge in [0.05, 0.1) is 13.2 Å². The topological polar surface area (TPSA) is 59.1 Å². The Hall–Kier alpha value is -3.28. The first-order valence-corrected chi connectivity index (χ1v) is 11.5. The SMILES string of the molecule is COc1cc(/C=C/C(=O)N2CCN(C(=O)c3ccc(C(C)C)cc3)CC2)ccc1OC(C)C. The molecule has 1 aliphatic heterocycles. The second-order valence-corrected chi connectivity index (χ2v) is 8.80. The summed E-state index contributed by atoms with van der Waals surface area (Å²) in [5.41, 5.74) is 2.77. The Bertz CT molecular complexity index is 988. The first-order valence-electron chi connectivity index (χ1n) is 11.5. The highest BCUT2D eigenvalue weighted by Gasteiger charge is 2.24. The maximum atomic E-state index is 12.8. The van der Waals surface area contributed by atoms with Crippen LogP contribution in [0.2, 0.25) is 0 Å². The Morgan fingerprint density at radius 3 is 2.09 bits per heavy atom. The minimum atomic E-state index is -0.0649. The molecule has 33 heavy (non-hydrogen) atoms. The summed E-state index contributed by atoms with van der Waals surface area (Å²) in [4.78, 5) is 29.1. The quantitative estimate of drug-likeness (QED) is 0.579. The van der Waals surface area contributed by atoms with Gasteiger partial charge >= 0.3 is 0 Å². The van der Waals surface area contributed by atoms with Gasteiger partial charge in [0.25, 0.3) is 5.91 Å². The minimum Gasteiger partial charge on any atom is -0.493 e. The van der Waals surface area contributed by atoms with Crippen LogP contribution in [0.1, 0.15) is 55.1 Å². The Kier molecular flexibility index (Phi) is 8.15. The minimum absolute atomic E-state index is 0.0174. The zero-order valence-electron chi connectivity index (χ0n) is 20.2. The van der Waals surface area contributed by atoms with Gasteiger partial charge in [-0.1, -0.05) is 32.0 Å². The van der Waals surface area contributed by atoms with E-state index in [2.05, 4.69) is 13.8 Å². The van der Waals surface area contributed by atoms with Crippen LogP contribution in [0.15, 0.2) is 48.5 Å². The predicted molar refractivity (Wildman–Crippen MR) is 131 cm³/mol. The van der Waals surface area contributed by atoms with Crippen molar-refractivity contribution in [3.63, 3.8) is 0 Å². The molecule has 0 saturated carbocycles. The van der Waals surface area contributed by atoms with E-state index in [-0.39, 0.29) is 17.9 Å². The molecule has 0 radical (unpaired) electrons. The van der Waals surface area contributed by atoms with E-state index in [9.17, 15) is 9.59 Å². The van der Waals surface area contributed by atoms with Gasteiger partial charge in [0.15, 0.2) is 11.5 Å². The molecule has 2 amide bonds. The van der Waals surface area contributed by atoms with Crippen molar-refractivity contribution in [1.29, 1.82) is 0 Å². The van der Waals surface area contributed by atoms with E-state index < -0.39 is 0 Å². The third-order valence-electron chi connectivity index (χ3n) is 5.67. The van der Waals surface area contributed by atoms with E-state index in [1.807, 2.05) is 61.2 Å². The molecule has 0 aromatic heterocycles.